The summed E-state index contributed by atoms with van der Waals surface area (Å²) >= 11 is 1.56. The van der Waals surface area contributed by atoms with Crippen molar-refractivity contribution in [2.45, 2.75) is 20.8 Å². The minimum atomic E-state index is 1.33. The van der Waals surface area contributed by atoms with Crippen molar-refractivity contribution in [1.29, 1.82) is 0 Å². The van der Waals surface area contributed by atoms with Crippen LogP contribution in [-0.2, 0) is 19.4 Å². The molecule has 68 valence electrons. The second kappa shape index (κ2) is 4.67. The van der Waals surface area contributed by atoms with E-state index in [4.69, 9.17) is 0 Å². The van der Waals surface area contributed by atoms with Gasteiger partial charge in [0, 0.05) is 0 Å². The zero-order chi connectivity index (χ0) is 9.84. The van der Waals surface area contributed by atoms with Crippen LogP contribution in [0.25, 0.3) is 5.57 Å². The molecule has 0 aromatic heterocycles. The van der Waals surface area contributed by atoms with Crippen LogP contribution in [0.15, 0.2) is 35.9 Å². The first-order chi connectivity index (χ1) is 6.13. The van der Waals surface area contributed by atoms with Gasteiger partial charge in [-0.1, -0.05) is 0 Å². The average Bonchev–Trinajstić information content (AvgIpc) is 2.17. The molecule has 0 fully saturated rings. The molecule has 0 aliphatic rings. The molecule has 0 heterocycles. The van der Waals surface area contributed by atoms with Gasteiger partial charge in [-0.15, -0.1) is 0 Å². The first-order valence-corrected chi connectivity index (χ1v) is 5.83. The molecule has 13 heavy (non-hydrogen) atoms. The van der Waals surface area contributed by atoms with E-state index in [-0.39, 0.29) is 0 Å². The molecule has 0 saturated heterocycles. The Morgan fingerprint density at radius 2 is 1.54 bits per heavy atom. The molecule has 0 atom stereocenters. The molecule has 0 amide bonds. The van der Waals surface area contributed by atoms with Gasteiger partial charge in [0.25, 0.3) is 0 Å². The van der Waals surface area contributed by atoms with Crippen LogP contribution in [-0.4, -0.2) is 3.90 Å². The Morgan fingerprint density at radius 1 is 1.00 bits per heavy atom. The van der Waals surface area contributed by atoms with Crippen LogP contribution in [0.4, 0.5) is 0 Å². The standard InChI is InChI=1S/C12H14.W/c1-4-10(2)11(3)12-8-6-5-7-9-12;/h5-9H,1-3H3;. The van der Waals surface area contributed by atoms with Gasteiger partial charge in [-0.2, -0.15) is 0 Å². The van der Waals surface area contributed by atoms with Crippen molar-refractivity contribution in [3.63, 3.8) is 0 Å². The monoisotopic (exact) mass is 342 g/mol. The summed E-state index contributed by atoms with van der Waals surface area (Å²) in [4.78, 5) is 0. The summed E-state index contributed by atoms with van der Waals surface area (Å²) in [6.07, 6.45) is 0. The quantitative estimate of drug-likeness (QED) is 0.774. The van der Waals surface area contributed by atoms with E-state index in [2.05, 4.69) is 51.1 Å². The Morgan fingerprint density at radius 3 is 2.00 bits per heavy atom. The minimum absolute atomic E-state index is 1.33. The van der Waals surface area contributed by atoms with E-state index in [1.54, 1.807) is 19.4 Å². The van der Waals surface area contributed by atoms with Gasteiger partial charge >= 0.3 is 91.1 Å². The Hall–Kier alpha value is -0.482. The fraction of sp³-hybridized carbons (Fsp3) is 0.250. The fourth-order valence-electron chi connectivity index (χ4n) is 1.17. The normalized spacial score (nSPS) is 12.2. The predicted molar refractivity (Wildman–Crippen MR) is 55.4 cm³/mol. The molecular weight excluding hydrogens is 328 g/mol. The van der Waals surface area contributed by atoms with Gasteiger partial charge in [0.2, 0.25) is 0 Å². The molecule has 0 unspecified atom stereocenters. The molecule has 0 aliphatic carbocycles. The number of benzene rings is 1. The third kappa shape index (κ3) is 2.74. The summed E-state index contributed by atoms with van der Waals surface area (Å²) in [5.41, 5.74) is 4.16. The van der Waals surface area contributed by atoms with Gasteiger partial charge in [-0.25, -0.2) is 0 Å². The van der Waals surface area contributed by atoms with Crippen molar-refractivity contribution in [2.75, 3.05) is 0 Å². The van der Waals surface area contributed by atoms with Crippen molar-refractivity contribution >= 4 is 9.47 Å². The molecule has 0 spiro atoms. The van der Waals surface area contributed by atoms with E-state index in [0.29, 0.717) is 0 Å². The maximum atomic E-state index is 2.20. The number of hydrogen-bond donors (Lipinski definition) is 0. The van der Waals surface area contributed by atoms with Crippen LogP contribution in [0, 0.1) is 0 Å². The first kappa shape index (κ1) is 10.6. The number of allylic oxidation sites excluding steroid dienone is 2. The topological polar surface area (TPSA) is 0 Å². The zero-order valence-corrected chi connectivity index (χ0v) is 11.2. The molecule has 0 saturated carbocycles. The van der Waals surface area contributed by atoms with Crippen LogP contribution in [0.3, 0.4) is 0 Å². The fourth-order valence-corrected chi connectivity index (χ4v) is 1.72. The van der Waals surface area contributed by atoms with E-state index < -0.39 is 0 Å². The van der Waals surface area contributed by atoms with Crippen LogP contribution >= 0.6 is 0 Å². The molecule has 0 radical (unpaired) electrons. The molecule has 0 aliphatic heterocycles. The molecule has 0 N–H and O–H groups in total. The van der Waals surface area contributed by atoms with Crippen molar-refractivity contribution in [3.8, 4) is 0 Å². The third-order valence-corrected chi connectivity index (χ3v) is 3.40. The van der Waals surface area contributed by atoms with Crippen LogP contribution in [0.5, 0.6) is 0 Å². The molecular formula is C12H14W. The second-order valence-electron chi connectivity index (χ2n) is 3.17. The van der Waals surface area contributed by atoms with Gasteiger partial charge in [0.15, 0.2) is 0 Å². The van der Waals surface area contributed by atoms with Gasteiger partial charge < -0.3 is 0 Å². The summed E-state index contributed by atoms with van der Waals surface area (Å²) in [6.45, 7) is 6.58. The van der Waals surface area contributed by atoms with Crippen molar-refractivity contribution in [1.82, 2.24) is 0 Å². The average molecular weight is 342 g/mol. The SMILES string of the molecule is C[C](=[W])C(C)=C(C)c1ccccc1. The Kier molecular flexibility index (Phi) is 3.81. The number of hydrogen-bond acceptors (Lipinski definition) is 0. The van der Waals surface area contributed by atoms with Crippen molar-refractivity contribution in [3.05, 3.63) is 41.5 Å². The summed E-state index contributed by atoms with van der Waals surface area (Å²) in [5, 5.41) is 0. The summed E-state index contributed by atoms with van der Waals surface area (Å²) in [7, 11) is 0. The van der Waals surface area contributed by atoms with Gasteiger partial charge in [0.05, 0.1) is 0 Å². The second-order valence-corrected chi connectivity index (χ2v) is 5.37. The van der Waals surface area contributed by atoms with E-state index in [1.165, 1.54) is 20.6 Å². The zero-order valence-electron chi connectivity index (χ0n) is 8.29. The molecule has 1 aromatic rings. The number of rotatable bonds is 2. The van der Waals surface area contributed by atoms with Crippen LogP contribution in [0.1, 0.15) is 26.3 Å². The summed E-state index contributed by atoms with van der Waals surface area (Å²) in [5.74, 6) is 0. The van der Waals surface area contributed by atoms with E-state index in [0.717, 1.165) is 0 Å². The van der Waals surface area contributed by atoms with Crippen molar-refractivity contribution < 1.29 is 19.4 Å². The van der Waals surface area contributed by atoms with Gasteiger partial charge in [-0.3, -0.25) is 0 Å². The Bertz CT molecular complexity index is 333. The molecule has 0 nitrogen and oxygen atoms in total. The van der Waals surface area contributed by atoms with E-state index in [1.807, 2.05) is 0 Å². The summed E-state index contributed by atoms with van der Waals surface area (Å²) < 4.78 is 1.47. The first-order valence-electron chi connectivity index (χ1n) is 4.36. The van der Waals surface area contributed by atoms with Crippen LogP contribution < -0.4 is 0 Å². The molecule has 1 rings (SSSR count). The molecule has 1 aromatic carbocycles. The Labute approximate surface area is 91.1 Å². The van der Waals surface area contributed by atoms with Gasteiger partial charge in [0.1, 0.15) is 0 Å². The Balaban J connectivity index is 3.11. The maximum absolute atomic E-state index is 2.20. The van der Waals surface area contributed by atoms with E-state index in [9.17, 15) is 0 Å². The van der Waals surface area contributed by atoms with E-state index >= 15 is 0 Å². The van der Waals surface area contributed by atoms with Crippen molar-refractivity contribution in [2.24, 2.45) is 0 Å². The molecule has 0 bridgehead atoms. The summed E-state index contributed by atoms with van der Waals surface area (Å²) in [6, 6.07) is 10.6. The molecule has 1 heteroatoms. The van der Waals surface area contributed by atoms with Gasteiger partial charge in [-0.05, 0) is 0 Å². The third-order valence-electron chi connectivity index (χ3n) is 2.30. The van der Waals surface area contributed by atoms with Crippen LogP contribution in [0.2, 0.25) is 0 Å². The predicted octanol–water partition coefficient (Wildman–Crippen LogP) is 3.22.